The highest BCUT2D eigenvalue weighted by Gasteiger charge is 2.17. The third-order valence-corrected chi connectivity index (χ3v) is 6.60. The van der Waals surface area contributed by atoms with Gasteiger partial charge in [-0.3, -0.25) is 4.72 Å². The minimum atomic E-state index is -3.65. The summed E-state index contributed by atoms with van der Waals surface area (Å²) in [6.07, 6.45) is 0. The van der Waals surface area contributed by atoms with E-state index in [0.717, 1.165) is 22.4 Å². The SMILES string of the molecule is O=S(=O)(Nc1ccc(-c2nc3ccccc3o2)cc1)c1ccc(Cl)s1. The highest BCUT2D eigenvalue weighted by molar-refractivity contribution is 7.94. The van der Waals surface area contributed by atoms with E-state index in [9.17, 15) is 8.42 Å². The molecule has 0 saturated carbocycles. The third kappa shape index (κ3) is 3.26. The lowest BCUT2D eigenvalue weighted by molar-refractivity contribution is 0.603. The van der Waals surface area contributed by atoms with Gasteiger partial charge in [0.1, 0.15) is 9.73 Å². The van der Waals surface area contributed by atoms with Crippen LogP contribution >= 0.6 is 22.9 Å². The van der Waals surface area contributed by atoms with Crippen LogP contribution in [0.4, 0.5) is 5.69 Å². The van der Waals surface area contributed by atoms with E-state index in [1.165, 1.54) is 6.07 Å². The molecule has 0 unspecified atom stereocenters. The van der Waals surface area contributed by atoms with Gasteiger partial charge in [0.25, 0.3) is 10.0 Å². The zero-order valence-corrected chi connectivity index (χ0v) is 15.0. The summed E-state index contributed by atoms with van der Waals surface area (Å²) in [6, 6.07) is 17.4. The van der Waals surface area contributed by atoms with Crippen molar-refractivity contribution in [1.29, 1.82) is 0 Å². The normalized spacial score (nSPS) is 11.7. The summed E-state index contributed by atoms with van der Waals surface area (Å²) in [4.78, 5) is 4.42. The standard InChI is InChI=1S/C17H11ClN2O3S2/c18-15-9-10-16(24-15)25(21,22)20-12-7-5-11(6-8-12)17-19-13-3-1-2-4-14(13)23-17/h1-10,20H. The topological polar surface area (TPSA) is 72.2 Å². The maximum absolute atomic E-state index is 12.3. The van der Waals surface area contributed by atoms with E-state index in [1.807, 2.05) is 24.3 Å². The van der Waals surface area contributed by atoms with Gasteiger partial charge in [-0.1, -0.05) is 23.7 Å². The summed E-state index contributed by atoms with van der Waals surface area (Å²) in [5.41, 5.74) is 2.69. The van der Waals surface area contributed by atoms with Gasteiger partial charge in [-0.2, -0.15) is 0 Å². The molecule has 0 aliphatic carbocycles. The van der Waals surface area contributed by atoms with Crippen molar-refractivity contribution in [3.63, 3.8) is 0 Å². The predicted octanol–water partition coefficient (Wildman–Crippen LogP) is 5.01. The largest absolute Gasteiger partial charge is 0.436 e. The van der Waals surface area contributed by atoms with E-state index in [-0.39, 0.29) is 4.21 Å². The average molecular weight is 391 g/mol. The Morgan fingerprint density at radius 2 is 1.76 bits per heavy atom. The Kier molecular flexibility index (Phi) is 3.99. The molecular formula is C17H11ClN2O3S2. The zero-order valence-electron chi connectivity index (χ0n) is 12.6. The average Bonchev–Trinajstić information content (AvgIpc) is 3.21. The molecule has 0 spiro atoms. The summed E-state index contributed by atoms with van der Waals surface area (Å²) >= 11 is 6.81. The molecule has 4 rings (SSSR count). The number of oxazole rings is 1. The monoisotopic (exact) mass is 390 g/mol. The molecule has 0 amide bonds. The molecule has 0 atom stereocenters. The van der Waals surface area contributed by atoms with E-state index in [1.54, 1.807) is 30.3 Å². The van der Waals surface area contributed by atoms with Crippen LogP contribution in [0.2, 0.25) is 4.34 Å². The molecule has 5 nitrogen and oxygen atoms in total. The number of halogens is 1. The van der Waals surface area contributed by atoms with Crippen LogP contribution in [0.25, 0.3) is 22.6 Å². The smallest absolute Gasteiger partial charge is 0.271 e. The number of anilines is 1. The lowest BCUT2D eigenvalue weighted by Gasteiger charge is -2.06. The maximum atomic E-state index is 12.3. The lowest BCUT2D eigenvalue weighted by atomic mass is 10.2. The molecule has 126 valence electrons. The molecule has 0 bridgehead atoms. The minimum absolute atomic E-state index is 0.167. The maximum Gasteiger partial charge on any atom is 0.271 e. The quantitative estimate of drug-likeness (QED) is 0.531. The summed E-state index contributed by atoms with van der Waals surface area (Å²) in [6.45, 7) is 0. The van der Waals surface area contributed by atoms with Crippen LogP contribution in [0, 0.1) is 0 Å². The Morgan fingerprint density at radius 3 is 2.44 bits per heavy atom. The second-order valence-electron chi connectivity index (χ2n) is 5.23. The van der Waals surface area contributed by atoms with Crippen molar-refractivity contribution < 1.29 is 12.8 Å². The van der Waals surface area contributed by atoms with E-state index in [4.69, 9.17) is 16.0 Å². The first-order valence-electron chi connectivity index (χ1n) is 7.25. The van der Waals surface area contributed by atoms with Crippen LogP contribution in [0.15, 0.2) is 69.3 Å². The van der Waals surface area contributed by atoms with Crippen LogP contribution in [-0.4, -0.2) is 13.4 Å². The molecule has 2 aromatic carbocycles. The van der Waals surface area contributed by atoms with Gasteiger partial charge in [-0.05, 0) is 48.5 Å². The van der Waals surface area contributed by atoms with Gasteiger partial charge in [0.2, 0.25) is 5.89 Å². The first-order chi connectivity index (χ1) is 12.0. The number of benzene rings is 2. The molecule has 4 aromatic rings. The van der Waals surface area contributed by atoms with Crippen molar-refractivity contribution in [2.75, 3.05) is 4.72 Å². The number of nitrogens with zero attached hydrogens (tertiary/aromatic N) is 1. The van der Waals surface area contributed by atoms with E-state index >= 15 is 0 Å². The number of para-hydroxylation sites is 2. The van der Waals surface area contributed by atoms with Crippen molar-refractivity contribution in [1.82, 2.24) is 4.98 Å². The second-order valence-corrected chi connectivity index (χ2v) is 8.85. The Bertz CT molecular complexity index is 1120. The Morgan fingerprint density at radius 1 is 1.00 bits per heavy atom. The van der Waals surface area contributed by atoms with Gasteiger partial charge in [-0.25, -0.2) is 13.4 Å². The lowest BCUT2D eigenvalue weighted by Crippen LogP contribution is -2.11. The highest BCUT2D eigenvalue weighted by Crippen LogP contribution is 2.29. The number of sulfonamides is 1. The number of hydrogen-bond acceptors (Lipinski definition) is 5. The fourth-order valence-electron chi connectivity index (χ4n) is 2.32. The molecule has 0 saturated heterocycles. The van der Waals surface area contributed by atoms with Crippen LogP contribution in [0.5, 0.6) is 0 Å². The molecule has 2 aromatic heterocycles. The highest BCUT2D eigenvalue weighted by atomic mass is 35.5. The van der Waals surface area contributed by atoms with Crippen LogP contribution < -0.4 is 4.72 Å². The number of nitrogens with one attached hydrogen (secondary N) is 1. The summed E-state index contributed by atoms with van der Waals surface area (Å²) in [5.74, 6) is 0.487. The van der Waals surface area contributed by atoms with E-state index < -0.39 is 10.0 Å². The molecule has 0 aliphatic rings. The molecular weight excluding hydrogens is 380 g/mol. The van der Waals surface area contributed by atoms with Gasteiger partial charge < -0.3 is 4.42 Å². The van der Waals surface area contributed by atoms with Gasteiger partial charge in [0.15, 0.2) is 5.58 Å². The van der Waals surface area contributed by atoms with Crippen LogP contribution in [0.1, 0.15) is 0 Å². The molecule has 25 heavy (non-hydrogen) atoms. The van der Waals surface area contributed by atoms with Crippen molar-refractivity contribution in [3.05, 3.63) is 65.0 Å². The first-order valence-corrected chi connectivity index (χ1v) is 9.93. The number of aromatic nitrogens is 1. The fraction of sp³-hybridized carbons (Fsp3) is 0. The predicted molar refractivity (Wildman–Crippen MR) is 99.6 cm³/mol. The van der Waals surface area contributed by atoms with Crippen molar-refractivity contribution in [3.8, 4) is 11.5 Å². The fourth-order valence-corrected chi connectivity index (χ4v) is 4.87. The Balaban J connectivity index is 1.59. The molecule has 0 radical (unpaired) electrons. The molecule has 2 heterocycles. The molecule has 8 heteroatoms. The first kappa shape index (κ1) is 16.1. The van der Waals surface area contributed by atoms with Crippen molar-refractivity contribution in [2.45, 2.75) is 4.21 Å². The number of fused-ring (bicyclic) bond motifs is 1. The number of hydrogen-bond donors (Lipinski definition) is 1. The number of rotatable bonds is 4. The molecule has 0 fully saturated rings. The molecule has 1 N–H and O–H groups in total. The number of thiophene rings is 1. The minimum Gasteiger partial charge on any atom is -0.436 e. The third-order valence-electron chi connectivity index (χ3n) is 3.49. The van der Waals surface area contributed by atoms with E-state index in [2.05, 4.69) is 9.71 Å². The van der Waals surface area contributed by atoms with Crippen LogP contribution in [0.3, 0.4) is 0 Å². The van der Waals surface area contributed by atoms with Gasteiger partial charge in [0.05, 0.1) is 4.34 Å². The van der Waals surface area contributed by atoms with Crippen molar-refractivity contribution >= 4 is 49.7 Å². The summed E-state index contributed by atoms with van der Waals surface area (Å²) < 4.78 is 33.4. The Hall–Kier alpha value is -2.35. The van der Waals surface area contributed by atoms with Crippen LogP contribution in [-0.2, 0) is 10.0 Å². The van der Waals surface area contributed by atoms with Crippen molar-refractivity contribution in [2.24, 2.45) is 0 Å². The summed E-state index contributed by atoms with van der Waals surface area (Å²) in [5, 5.41) is 0. The van der Waals surface area contributed by atoms with Gasteiger partial charge in [0, 0.05) is 11.3 Å². The van der Waals surface area contributed by atoms with Gasteiger partial charge >= 0.3 is 0 Å². The zero-order chi connectivity index (χ0) is 17.4. The molecule has 0 aliphatic heterocycles. The second kappa shape index (κ2) is 6.18. The van der Waals surface area contributed by atoms with Gasteiger partial charge in [-0.15, -0.1) is 11.3 Å². The summed E-state index contributed by atoms with van der Waals surface area (Å²) in [7, 11) is -3.65. The van der Waals surface area contributed by atoms with E-state index in [0.29, 0.717) is 21.5 Å². The Labute approximate surface area is 152 Å².